The van der Waals surface area contributed by atoms with Crippen LogP contribution in [-0.4, -0.2) is 17.3 Å². The summed E-state index contributed by atoms with van der Waals surface area (Å²) in [7, 11) is 0. The molecule has 1 fully saturated rings. The van der Waals surface area contributed by atoms with E-state index in [1.165, 1.54) is 17.8 Å². The highest BCUT2D eigenvalue weighted by Gasteiger charge is 2.18. The van der Waals surface area contributed by atoms with Gasteiger partial charge in [-0.05, 0) is 19.3 Å². The molecule has 1 aliphatic carbocycles. The van der Waals surface area contributed by atoms with E-state index in [4.69, 9.17) is 16.4 Å². The first-order chi connectivity index (χ1) is 6.34. The van der Waals surface area contributed by atoms with E-state index >= 15 is 0 Å². The van der Waals surface area contributed by atoms with Crippen LogP contribution in [0.15, 0.2) is 11.4 Å². The van der Waals surface area contributed by atoms with Crippen molar-refractivity contribution in [2.75, 3.05) is 0 Å². The van der Waals surface area contributed by atoms with Crippen molar-refractivity contribution in [3.05, 3.63) is 15.5 Å². The van der Waals surface area contributed by atoms with Crippen LogP contribution in [0.2, 0.25) is 4.34 Å². The molecule has 13 heavy (non-hydrogen) atoms. The van der Waals surface area contributed by atoms with Crippen LogP contribution in [0.1, 0.15) is 24.3 Å². The minimum atomic E-state index is 0.326. The SMILES string of the molecule is Clc1cnc(/C=N/OC2CCC2)s1. The lowest BCUT2D eigenvalue weighted by atomic mass is 9.97. The van der Waals surface area contributed by atoms with Crippen LogP contribution in [0.3, 0.4) is 0 Å². The van der Waals surface area contributed by atoms with E-state index < -0.39 is 0 Å². The van der Waals surface area contributed by atoms with Gasteiger partial charge in [0.25, 0.3) is 0 Å². The minimum Gasteiger partial charge on any atom is -0.392 e. The summed E-state index contributed by atoms with van der Waals surface area (Å²) in [6.45, 7) is 0. The van der Waals surface area contributed by atoms with Crippen molar-refractivity contribution >= 4 is 29.2 Å². The maximum atomic E-state index is 5.69. The van der Waals surface area contributed by atoms with E-state index in [1.54, 1.807) is 12.4 Å². The summed E-state index contributed by atoms with van der Waals surface area (Å²) in [5.74, 6) is 0. The number of halogens is 1. The van der Waals surface area contributed by atoms with Gasteiger partial charge in [-0.2, -0.15) is 0 Å². The summed E-state index contributed by atoms with van der Waals surface area (Å²) in [5.41, 5.74) is 0. The van der Waals surface area contributed by atoms with Crippen molar-refractivity contribution in [2.24, 2.45) is 5.16 Å². The van der Waals surface area contributed by atoms with Crippen molar-refractivity contribution in [3.63, 3.8) is 0 Å². The summed E-state index contributed by atoms with van der Waals surface area (Å²) in [5, 5.41) is 4.62. The topological polar surface area (TPSA) is 34.5 Å². The molecule has 0 spiro atoms. The maximum absolute atomic E-state index is 5.69. The number of hydrogen-bond donors (Lipinski definition) is 0. The summed E-state index contributed by atoms with van der Waals surface area (Å²) >= 11 is 7.08. The minimum absolute atomic E-state index is 0.326. The van der Waals surface area contributed by atoms with Crippen molar-refractivity contribution in [3.8, 4) is 0 Å². The van der Waals surface area contributed by atoms with Crippen molar-refractivity contribution < 1.29 is 4.84 Å². The van der Waals surface area contributed by atoms with Gasteiger partial charge in [0.05, 0.1) is 6.20 Å². The molecule has 1 aromatic heterocycles. The van der Waals surface area contributed by atoms with Gasteiger partial charge >= 0.3 is 0 Å². The second kappa shape index (κ2) is 4.07. The van der Waals surface area contributed by atoms with Crippen LogP contribution in [0.25, 0.3) is 0 Å². The Kier molecular flexibility index (Phi) is 2.80. The molecule has 1 saturated carbocycles. The molecule has 1 aromatic rings. The molecule has 70 valence electrons. The van der Waals surface area contributed by atoms with Crippen LogP contribution < -0.4 is 0 Å². The first-order valence-electron chi connectivity index (χ1n) is 4.15. The van der Waals surface area contributed by atoms with Crippen molar-refractivity contribution in [1.29, 1.82) is 0 Å². The Labute approximate surface area is 85.4 Å². The van der Waals surface area contributed by atoms with E-state index in [1.807, 2.05) is 0 Å². The Balaban J connectivity index is 1.82. The molecule has 3 nitrogen and oxygen atoms in total. The molecular formula is C8H9ClN2OS. The van der Waals surface area contributed by atoms with Crippen LogP contribution in [0.4, 0.5) is 0 Å². The zero-order chi connectivity index (χ0) is 9.10. The Morgan fingerprint density at radius 3 is 3.08 bits per heavy atom. The zero-order valence-corrected chi connectivity index (χ0v) is 8.51. The smallest absolute Gasteiger partial charge is 0.139 e. The summed E-state index contributed by atoms with van der Waals surface area (Å²) in [6.07, 6.45) is 7.03. The van der Waals surface area contributed by atoms with Crippen molar-refractivity contribution in [1.82, 2.24) is 4.98 Å². The highest BCUT2D eigenvalue weighted by Crippen LogP contribution is 2.22. The summed E-state index contributed by atoms with van der Waals surface area (Å²) < 4.78 is 0.671. The second-order valence-electron chi connectivity index (χ2n) is 2.90. The number of oxime groups is 1. The standard InChI is InChI=1S/C8H9ClN2OS/c9-7-4-10-8(13-7)5-11-12-6-2-1-3-6/h4-6H,1-3H2/b11-5+. The maximum Gasteiger partial charge on any atom is 0.139 e. The average Bonchev–Trinajstić information content (AvgIpc) is 2.42. The van der Waals surface area contributed by atoms with Gasteiger partial charge in [-0.1, -0.05) is 16.8 Å². The van der Waals surface area contributed by atoms with Gasteiger partial charge in [-0.15, -0.1) is 11.3 Å². The van der Waals surface area contributed by atoms with Gasteiger partial charge in [0.1, 0.15) is 21.7 Å². The number of hydrogen-bond acceptors (Lipinski definition) is 4. The van der Waals surface area contributed by atoms with E-state index in [2.05, 4.69) is 10.1 Å². The van der Waals surface area contributed by atoms with Crippen LogP contribution in [-0.2, 0) is 4.84 Å². The Hall–Kier alpha value is -0.610. The van der Waals surface area contributed by atoms with Gasteiger partial charge in [0.2, 0.25) is 0 Å². The number of rotatable bonds is 3. The molecular weight excluding hydrogens is 208 g/mol. The summed E-state index contributed by atoms with van der Waals surface area (Å²) in [6, 6.07) is 0. The third-order valence-electron chi connectivity index (χ3n) is 1.92. The zero-order valence-electron chi connectivity index (χ0n) is 6.94. The molecule has 0 atom stereocenters. The fraction of sp³-hybridized carbons (Fsp3) is 0.500. The molecule has 0 radical (unpaired) electrons. The first kappa shape index (κ1) is 8.97. The average molecular weight is 217 g/mol. The van der Waals surface area contributed by atoms with Gasteiger partial charge < -0.3 is 4.84 Å². The molecule has 0 unspecified atom stereocenters. The molecule has 1 heterocycles. The third-order valence-corrected chi connectivity index (χ3v) is 2.97. The Morgan fingerprint density at radius 2 is 2.54 bits per heavy atom. The molecule has 0 bridgehead atoms. The quantitative estimate of drug-likeness (QED) is 0.575. The molecule has 0 saturated heterocycles. The lowest BCUT2D eigenvalue weighted by Gasteiger charge is -2.22. The molecule has 0 aliphatic heterocycles. The van der Waals surface area contributed by atoms with E-state index in [-0.39, 0.29) is 0 Å². The molecule has 0 aromatic carbocycles. The number of aromatic nitrogens is 1. The second-order valence-corrected chi connectivity index (χ2v) is 4.59. The number of nitrogens with zero attached hydrogens (tertiary/aromatic N) is 2. The molecule has 2 rings (SSSR count). The lowest BCUT2D eigenvalue weighted by molar-refractivity contribution is 0.00700. The number of thiazole rings is 1. The molecule has 0 amide bonds. The highest BCUT2D eigenvalue weighted by molar-refractivity contribution is 7.17. The van der Waals surface area contributed by atoms with Gasteiger partial charge in [-0.3, -0.25) is 0 Å². The van der Waals surface area contributed by atoms with Crippen LogP contribution in [0.5, 0.6) is 0 Å². The van der Waals surface area contributed by atoms with Gasteiger partial charge in [0.15, 0.2) is 0 Å². The first-order valence-corrected chi connectivity index (χ1v) is 5.34. The lowest BCUT2D eigenvalue weighted by Crippen LogP contribution is -2.18. The Morgan fingerprint density at radius 1 is 1.69 bits per heavy atom. The normalized spacial score (nSPS) is 17.6. The largest absolute Gasteiger partial charge is 0.392 e. The third kappa shape index (κ3) is 2.42. The van der Waals surface area contributed by atoms with Crippen LogP contribution >= 0.6 is 22.9 Å². The molecule has 1 aliphatic rings. The fourth-order valence-electron chi connectivity index (χ4n) is 0.964. The monoisotopic (exact) mass is 216 g/mol. The van der Waals surface area contributed by atoms with Crippen LogP contribution in [0, 0.1) is 0 Å². The van der Waals surface area contributed by atoms with Gasteiger partial charge in [-0.25, -0.2) is 4.98 Å². The fourth-order valence-corrected chi connectivity index (χ4v) is 1.76. The molecule has 5 heteroatoms. The predicted molar refractivity (Wildman–Crippen MR) is 53.4 cm³/mol. The predicted octanol–water partition coefficient (Wildman–Crippen LogP) is 2.70. The van der Waals surface area contributed by atoms with Crippen molar-refractivity contribution in [2.45, 2.75) is 25.4 Å². The highest BCUT2D eigenvalue weighted by atomic mass is 35.5. The van der Waals surface area contributed by atoms with E-state index in [0.29, 0.717) is 10.4 Å². The molecule has 0 N–H and O–H groups in total. The summed E-state index contributed by atoms with van der Waals surface area (Å²) in [4.78, 5) is 9.20. The van der Waals surface area contributed by atoms with E-state index in [9.17, 15) is 0 Å². The van der Waals surface area contributed by atoms with Gasteiger partial charge in [0, 0.05) is 0 Å². The Bertz CT molecular complexity index is 309. The van der Waals surface area contributed by atoms with E-state index in [0.717, 1.165) is 17.8 Å².